The van der Waals surface area contributed by atoms with Crippen molar-refractivity contribution in [3.63, 3.8) is 0 Å². The molecule has 0 spiro atoms. The van der Waals surface area contributed by atoms with Gasteiger partial charge in [0.2, 0.25) is 0 Å². The normalized spacial score (nSPS) is 18.9. The number of methoxy groups -OCH3 is 1. The number of nitrogens with one attached hydrogen (secondary N) is 1. The molecule has 1 heterocycles. The van der Waals surface area contributed by atoms with Crippen LogP contribution in [-0.2, 0) is 0 Å². The fourth-order valence-corrected chi connectivity index (χ4v) is 3.31. The van der Waals surface area contributed by atoms with Gasteiger partial charge in [-0.25, -0.2) is 0 Å². The van der Waals surface area contributed by atoms with E-state index in [0.29, 0.717) is 12.1 Å². The van der Waals surface area contributed by atoms with E-state index < -0.39 is 0 Å². The summed E-state index contributed by atoms with van der Waals surface area (Å²) in [6.45, 7) is 2.24. The highest BCUT2D eigenvalue weighted by Crippen LogP contribution is 2.22. The van der Waals surface area contributed by atoms with Crippen molar-refractivity contribution < 1.29 is 4.74 Å². The second-order valence-electron chi connectivity index (χ2n) is 4.55. The molecular formula is C14H21NOS. The number of benzene rings is 1. The molecule has 2 rings (SSSR count). The molecular weight excluding hydrogens is 230 g/mol. The molecule has 0 aliphatic carbocycles. The van der Waals surface area contributed by atoms with E-state index in [2.05, 4.69) is 36.1 Å². The highest BCUT2D eigenvalue weighted by Gasteiger charge is 2.16. The molecule has 0 amide bonds. The van der Waals surface area contributed by atoms with Crippen LogP contribution >= 0.6 is 11.8 Å². The summed E-state index contributed by atoms with van der Waals surface area (Å²) in [6.07, 6.45) is 2.59. The van der Waals surface area contributed by atoms with Gasteiger partial charge in [-0.3, -0.25) is 0 Å². The predicted molar refractivity (Wildman–Crippen MR) is 74.9 cm³/mol. The molecule has 0 aromatic heterocycles. The van der Waals surface area contributed by atoms with E-state index in [4.69, 9.17) is 4.74 Å². The lowest BCUT2D eigenvalue weighted by atomic mass is 10.1. The van der Waals surface area contributed by atoms with Crippen LogP contribution in [0.2, 0.25) is 0 Å². The molecule has 1 atom stereocenters. The Morgan fingerprint density at radius 3 is 2.47 bits per heavy atom. The maximum atomic E-state index is 5.18. The van der Waals surface area contributed by atoms with Crippen molar-refractivity contribution in [1.29, 1.82) is 0 Å². The van der Waals surface area contributed by atoms with E-state index in [9.17, 15) is 0 Å². The molecule has 1 fully saturated rings. The van der Waals surface area contributed by atoms with Crippen LogP contribution < -0.4 is 10.1 Å². The van der Waals surface area contributed by atoms with Crippen molar-refractivity contribution in [2.45, 2.75) is 31.8 Å². The Hall–Kier alpha value is -0.670. The molecule has 0 bridgehead atoms. The van der Waals surface area contributed by atoms with E-state index in [-0.39, 0.29) is 0 Å². The van der Waals surface area contributed by atoms with Gasteiger partial charge in [-0.05, 0) is 49.0 Å². The minimum Gasteiger partial charge on any atom is -0.497 e. The van der Waals surface area contributed by atoms with Crippen LogP contribution in [0.3, 0.4) is 0 Å². The quantitative estimate of drug-likeness (QED) is 0.887. The zero-order chi connectivity index (χ0) is 12.1. The van der Waals surface area contributed by atoms with Gasteiger partial charge < -0.3 is 10.1 Å². The van der Waals surface area contributed by atoms with Gasteiger partial charge >= 0.3 is 0 Å². The number of rotatable bonds is 4. The molecule has 1 aromatic carbocycles. The molecule has 1 aliphatic heterocycles. The molecule has 1 aromatic rings. The van der Waals surface area contributed by atoms with Crippen LogP contribution in [0, 0.1) is 0 Å². The van der Waals surface area contributed by atoms with Crippen LogP contribution in [-0.4, -0.2) is 24.7 Å². The largest absolute Gasteiger partial charge is 0.497 e. The summed E-state index contributed by atoms with van der Waals surface area (Å²) in [6, 6.07) is 9.47. The molecule has 17 heavy (non-hydrogen) atoms. The topological polar surface area (TPSA) is 21.3 Å². The Bertz CT molecular complexity index is 333. The molecule has 0 saturated carbocycles. The minimum absolute atomic E-state index is 0.425. The first kappa shape index (κ1) is 12.8. The second-order valence-corrected chi connectivity index (χ2v) is 5.77. The summed E-state index contributed by atoms with van der Waals surface area (Å²) in [7, 11) is 1.70. The number of thioether (sulfide) groups is 1. The standard InChI is InChI=1S/C14H21NOS/c1-11(15-13-7-9-17-10-8-13)12-3-5-14(16-2)6-4-12/h3-6,11,13,15H,7-10H2,1-2H3/t11-/m0/s1. The summed E-state index contributed by atoms with van der Waals surface area (Å²) in [5, 5.41) is 3.72. The summed E-state index contributed by atoms with van der Waals surface area (Å²) in [4.78, 5) is 0. The summed E-state index contributed by atoms with van der Waals surface area (Å²) in [5.41, 5.74) is 1.34. The third-order valence-corrected chi connectivity index (χ3v) is 4.37. The van der Waals surface area contributed by atoms with E-state index >= 15 is 0 Å². The first-order valence-electron chi connectivity index (χ1n) is 6.27. The number of hydrogen-bond donors (Lipinski definition) is 1. The smallest absolute Gasteiger partial charge is 0.118 e. The molecule has 1 aliphatic rings. The number of hydrogen-bond acceptors (Lipinski definition) is 3. The van der Waals surface area contributed by atoms with Crippen molar-refractivity contribution in [3.05, 3.63) is 29.8 Å². The monoisotopic (exact) mass is 251 g/mol. The maximum Gasteiger partial charge on any atom is 0.118 e. The second kappa shape index (κ2) is 6.31. The van der Waals surface area contributed by atoms with Gasteiger partial charge in [0.1, 0.15) is 5.75 Å². The van der Waals surface area contributed by atoms with Crippen molar-refractivity contribution in [1.82, 2.24) is 5.32 Å². The van der Waals surface area contributed by atoms with Crippen molar-refractivity contribution in [2.75, 3.05) is 18.6 Å². The Labute approximate surface area is 108 Å². The van der Waals surface area contributed by atoms with E-state index in [1.165, 1.54) is 29.9 Å². The molecule has 0 radical (unpaired) electrons. The van der Waals surface area contributed by atoms with Gasteiger partial charge in [-0.1, -0.05) is 12.1 Å². The zero-order valence-electron chi connectivity index (χ0n) is 10.6. The summed E-state index contributed by atoms with van der Waals surface area (Å²) in [5.74, 6) is 3.52. The van der Waals surface area contributed by atoms with Gasteiger partial charge in [-0.2, -0.15) is 11.8 Å². The lowest BCUT2D eigenvalue weighted by Crippen LogP contribution is -2.34. The zero-order valence-corrected chi connectivity index (χ0v) is 11.4. The van der Waals surface area contributed by atoms with Crippen LogP contribution in [0.5, 0.6) is 5.75 Å². The van der Waals surface area contributed by atoms with Gasteiger partial charge in [0.15, 0.2) is 0 Å². The van der Waals surface area contributed by atoms with Gasteiger partial charge in [0.25, 0.3) is 0 Å². The summed E-state index contributed by atoms with van der Waals surface area (Å²) < 4.78 is 5.18. The Morgan fingerprint density at radius 1 is 1.24 bits per heavy atom. The fraction of sp³-hybridized carbons (Fsp3) is 0.571. The number of ether oxygens (including phenoxy) is 1. The Balaban J connectivity index is 1.91. The average Bonchev–Trinajstić information content (AvgIpc) is 2.40. The molecule has 3 heteroatoms. The Morgan fingerprint density at radius 2 is 1.88 bits per heavy atom. The molecule has 1 N–H and O–H groups in total. The Kier molecular flexibility index (Phi) is 4.75. The third kappa shape index (κ3) is 3.65. The van der Waals surface area contributed by atoms with Crippen LogP contribution in [0.15, 0.2) is 24.3 Å². The summed E-state index contributed by atoms with van der Waals surface area (Å²) >= 11 is 2.07. The van der Waals surface area contributed by atoms with Crippen molar-refractivity contribution >= 4 is 11.8 Å². The molecule has 94 valence electrons. The van der Waals surface area contributed by atoms with Crippen molar-refractivity contribution in [2.24, 2.45) is 0 Å². The lowest BCUT2D eigenvalue weighted by molar-refractivity contribution is 0.412. The van der Waals surface area contributed by atoms with Crippen LogP contribution in [0.4, 0.5) is 0 Å². The minimum atomic E-state index is 0.425. The van der Waals surface area contributed by atoms with Gasteiger partial charge in [0, 0.05) is 12.1 Å². The average molecular weight is 251 g/mol. The third-order valence-electron chi connectivity index (χ3n) is 3.32. The molecule has 1 saturated heterocycles. The SMILES string of the molecule is COc1ccc([C@H](C)NC2CCSCC2)cc1. The molecule has 0 unspecified atom stereocenters. The lowest BCUT2D eigenvalue weighted by Gasteiger charge is -2.26. The fourth-order valence-electron chi connectivity index (χ4n) is 2.21. The highest BCUT2D eigenvalue weighted by molar-refractivity contribution is 7.99. The first-order valence-corrected chi connectivity index (χ1v) is 7.43. The molecule has 2 nitrogen and oxygen atoms in total. The first-order chi connectivity index (χ1) is 8.29. The van der Waals surface area contributed by atoms with E-state index in [1.54, 1.807) is 7.11 Å². The van der Waals surface area contributed by atoms with Crippen molar-refractivity contribution in [3.8, 4) is 5.75 Å². The van der Waals surface area contributed by atoms with Crippen LogP contribution in [0.1, 0.15) is 31.4 Å². The van der Waals surface area contributed by atoms with E-state index in [1.807, 2.05) is 12.1 Å². The van der Waals surface area contributed by atoms with Gasteiger partial charge in [0.05, 0.1) is 7.11 Å². The van der Waals surface area contributed by atoms with Gasteiger partial charge in [-0.15, -0.1) is 0 Å². The van der Waals surface area contributed by atoms with Crippen LogP contribution in [0.25, 0.3) is 0 Å². The highest BCUT2D eigenvalue weighted by atomic mass is 32.2. The predicted octanol–water partition coefficient (Wildman–Crippen LogP) is 3.24. The van der Waals surface area contributed by atoms with E-state index in [0.717, 1.165) is 5.75 Å². The maximum absolute atomic E-state index is 5.18.